The molecule has 14 heteroatoms. The molecular weight excluding hydrogens is 426 g/mol. The number of aliphatic hydroxyl groups excluding tert-OH is 6. The SMILES string of the molecule is CC(=O)ONC1C(OC2C(OC(C=O)CO)OC(C)C(O)C2O)OC(CO)C(O)C1O. The van der Waals surface area contributed by atoms with Crippen molar-refractivity contribution in [1.82, 2.24) is 5.48 Å². The summed E-state index contributed by atoms with van der Waals surface area (Å²) in [6, 6.07) is -1.40. The molecule has 0 aromatic heterocycles. The van der Waals surface area contributed by atoms with Crippen LogP contribution < -0.4 is 5.48 Å². The molecule has 2 aliphatic heterocycles. The predicted molar refractivity (Wildman–Crippen MR) is 95.7 cm³/mol. The monoisotopic (exact) mass is 455 g/mol. The molecule has 0 aliphatic carbocycles. The number of hydroxylamine groups is 1. The average Bonchev–Trinajstić information content (AvgIpc) is 2.74. The largest absolute Gasteiger partial charge is 0.394 e. The van der Waals surface area contributed by atoms with Crippen molar-refractivity contribution in [3.05, 3.63) is 0 Å². The lowest BCUT2D eigenvalue weighted by Crippen LogP contribution is -2.67. The molecule has 11 unspecified atom stereocenters. The highest BCUT2D eigenvalue weighted by Gasteiger charge is 2.51. The molecule has 2 aliphatic rings. The Kier molecular flexibility index (Phi) is 9.66. The summed E-state index contributed by atoms with van der Waals surface area (Å²) in [5, 5.41) is 59.7. The maximum Gasteiger partial charge on any atom is 0.321 e. The Morgan fingerprint density at radius 3 is 2.29 bits per heavy atom. The molecule has 0 aromatic carbocycles. The van der Waals surface area contributed by atoms with Gasteiger partial charge in [-0.15, -0.1) is 5.48 Å². The van der Waals surface area contributed by atoms with E-state index in [1.165, 1.54) is 6.92 Å². The molecule has 0 amide bonds. The van der Waals surface area contributed by atoms with Crippen molar-refractivity contribution in [2.75, 3.05) is 13.2 Å². The molecule has 2 heterocycles. The van der Waals surface area contributed by atoms with E-state index >= 15 is 0 Å². The number of carbonyl (C=O) groups excluding carboxylic acids is 2. The van der Waals surface area contributed by atoms with E-state index < -0.39 is 86.6 Å². The van der Waals surface area contributed by atoms with Crippen LogP contribution in [0.25, 0.3) is 0 Å². The van der Waals surface area contributed by atoms with Gasteiger partial charge in [-0.2, -0.15) is 0 Å². The number of aldehydes is 1. The van der Waals surface area contributed by atoms with Crippen LogP contribution in [-0.4, -0.2) is 124 Å². The number of nitrogens with one attached hydrogen (secondary N) is 1. The third-order valence-corrected chi connectivity index (χ3v) is 4.94. The summed E-state index contributed by atoms with van der Waals surface area (Å²) < 4.78 is 21.8. The van der Waals surface area contributed by atoms with Crippen molar-refractivity contribution in [2.24, 2.45) is 0 Å². The van der Waals surface area contributed by atoms with Crippen LogP contribution in [0.4, 0.5) is 0 Å². The zero-order valence-corrected chi connectivity index (χ0v) is 16.9. The van der Waals surface area contributed by atoms with Gasteiger partial charge in [0.05, 0.1) is 19.3 Å². The zero-order chi connectivity index (χ0) is 23.3. The predicted octanol–water partition coefficient (Wildman–Crippen LogP) is -4.71. The standard InChI is InChI=1S/C17H29NO13/c1-6-11(23)14(26)15(17(27-6)28-8(3-19)4-20)30-16-10(18-31-7(2)22)13(25)12(24)9(5-21)29-16/h3,6,8-18,20-21,23-26H,4-5H2,1-2H3. The zero-order valence-electron chi connectivity index (χ0n) is 16.9. The minimum absolute atomic E-state index is 0.298. The third-order valence-electron chi connectivity index (χ3n) is 4.94. The second kappa shape index (κ2) is 11.5. The Morgan fingerprint density at radius 2 is 1.74 bits per heavy atom. The topological polar surface area (TPSA) is 214 Å². The van der Waals surface area contributed by atoms with Crippen molar-refractivity contribution in [2.45, 2.75) is 81.3 Å². The quantitative estimate of drug-likeness (QED) is 0.129. The van der Waals surface area contributed by atoms with Crippen LogP contribution in [0.15, 0.2) is 0 Å². The Balaban J connectivity index is 2.27. The molecule has 2 saturated heterocycles. The second-order valence-electron chi connectivity index (χ2n) is 7.23. The Bertz CT molecular complexity index is 594. The maximum absolute atomic E-state index is 11.1. The summed E-state index contributed by atoms with van der Waals surface area (Å²) in [5.74, 6) is -0.784. The summed E-state index contributed by atoms with van der Waals surface area (Å²) in [6.07, 6.45) is -14.1. The van der Waals surface area contributed by atoms with Crippen molar-refractivity contribution < 1.29 is 64.0 Å². The molecule has 180 valence electrons. The second-order valence-corrected chi connectivity index (χ2v) is 7.23. The summed E-state index contributed by atoms with van der Waals surface area (Å²) >= 11 is 0. The van der Waals surface area contributed by atoms with E-state index in [0.29, 0.717) is 6.29 Å². The van der Waals surface area contributed by atoms with Gasteiger partial charge in [0, 0.05) is 6.92 Å². The van der Waals surface area contributed by atoms with Crippen LogP contribution in [-0.2, 0) is 33.4 Å². The molecule has 0 radical (unpaired) electrons. The molecule has 7 N–H and O–H groups in total. The van der Waals surface area contributed by atoms with E-state index in [9.17, 15) is 40.2 Å². The average molecular weight is 455 g/mol. The van der Waals surface area contributed by atoms with Gasteiger partial charge < -0.3 is 59.2 Å². The molecular formula is C17H29NO13. The van der Waals surface area contributed by atoms with Gasteiger partial charge in [-0.05, 0) is 6.92 Å². The van der Waals surface area contributed by atoms with Gasteiger partial charge in [0.25, 0.3) is 0 Å². The summed E-state index contributed by atoms with van der Waals surface area (Å²) in [4.78, 5) is 26.8. The number of rotatable bonds is 9. The van der Waals surface area contributed by atoms with Gasteiger partial charge in [0.2, 0.25) is 0 Å². The fourth-order valence-electron chi connectivity index (χ4n) is 3.18. The van der Waals surface area contributed by atoms with Gasteiger partial charge in [0.1, 0.15) is 48.8 Å². The first-order chi connectivity index (χ1) is 14.6. The third kappa shape index (κ3) is 6.15. The number of ether oxygens (including phenoxy) is 4. The van der Waals surface area contributed by atoms with Crippen LogP contribution in [0.3, 0.4) is 0 Å². The lowest BCUT2D eigenvalue weighted by atomic mass is 9.96. The van der Waals surface area contributed by atoms with E-state index in [1.54, 1.807) is 0 Å². The van der Waals surface area contributed by atoms with Crippen molar-refractivity contribution in [1.29, 1.82) is 0 Å². The fraction of sp³-hybridized carbons (Fsp3) is 0.882. The van der Waals surface area contributed by atoms with Gasteiger partial charge in [-0.25, -0.2) is 0 Å². The molecule has 0 spiro atoms. The first kappa shape index (κ1) is 26.0. The van der Waals surface area contributed by atoms with E-state index in [4.69, 9.17) is 18.9 Å². The molecule has 11 atom stereocenters. The van der Waals surface area contributed by atoms with Crippen LogP contribution in [0.1, 0.15) is 13.8 Å². The fourth-order valence-corrected chi connectivity index (χ4v) is 3.18. The minimum atomic E-state index is -1.65. The van der Waals surface area contributed by atoms with Crippen molar-refractivity contribution in [3.63, 3.8) is 0 Å². The number of hydrogen-bond donors (Lipinski definition) is 7. The first-order valence-corrected chi connectivity index (χ1v) is 9.58. The van der Waals surface area contributed by atoms with Crippen LogP contribution in [0.5, 0.6) is 0 Å². The van der Waals surface area contributed by atoms with E-state index in [0.717, 1.165) is 6.92 Å². The molecule has 0 bridgehead atoms. The number of hydrogen-bond acceptors (Lipinski definition) is 14. The summed E-state index contributed by atoms with van der Waals surface area (Å²) in [5.41, 5.74) is 2.19. The molecule has 2 fully saturated rings. The molecule has 31 heavy (non-hydrogen) atoms. The van der Waals surface area contributed by atoms with Gasteiger partial charge in [-0.3, -0.25) is 4.79 Å². The highest BCUT2D eigenvalue weighted by Crippen LogP contribution is 2.30. The maximum atomic E-state index is 11.1. The Morgan fingerprint density at radius 1 is 1.06 bits per heavy atom. The summed E-state index contributed by atoms with van der Waals surface area (Å²) in [7, 11) is 0. The lowest BCUT2D eigenvalue weighted by Gasteiger charge is -2.46. The molecule has 14 nitrogen and oxygen atoms in total. The Hall–Kier alpha value is -1.30. The van der Waals surface area contributed by atoms with Gasteiger partial charge in [0.15, 0.2) is 18.9 Å². The molecule has 0 aromatic rings. The first-order valence-electron chi connectivity index (χ1n) is 9.58. The van der Waals surface area contributed by atoms with E-state index in [2.05, 4.69) is 10.3 Å². The van der Waals surface area contributed by atoms with Crippen LogP contribution in [0, 0.1) is 0 Å². The normalized spacial score (nSPS) is 42.1. The van der Waals surface area contributed by atoms with Crippen LogP contribution in [0.2, 0.25) is 0 Å². The van der Waals surface area contributed by atoms with Gasteiger partial charge in [-0.1, -0.05) is 0 Å². The minimum Gasteiger partial charge on any atom is -0.394 e. The molecule has 0 saturated carbocycles. The van der Waals surface area contributed by atoms with E-state index in [-0.39, 0.29) is 0 Å². The smallest absolute Gasteiger partial charge is 0.321 e. The molecule has 2 rings (SSSR count). The highest BCUT2D eigenvalue weighted by molar-refractivity contribution is 5.65. The van der Waals surface area contributed by atoms with E-state index in [1.807, 2.05) is 0 Å². The van der Waals surface area contributed by atoms with Crippen molar-refractivity contribution in [3.8, 4) is 0 Å². The summed E-state index contributed by atoms with van der Waals surface area (Å²) in [6.45, 7) is 1.09. The van der Waals surface area contributed by atoms with Gasteiger partial charge >= 0.3 is 5.97 Å². The number of carbonyl (C=O) groups is 2. The lowest BCUT2D eigenvalue weighted by molar-refractivity contribution is -0.359. The number of aliphatic hydroxyl groups is 6. The van der Waals surface area contributed by atoms with Crippen LogP contribution >= 0.6 is 0 Å². The van der Waals surface area contributed by atoms with Crippen molar-refractivity contribution >= 4 is 12.3 Å². The highest BCUT2D eigenvalue weighted by atomic mass is 16.8. The Labute approximate surface area is 177 Å².